The summed E-state index contributed by atoms with van der Waals surface area (Å²) < 4.78 is 1.13. The van der Waals surface area contributed by atoms with Gasteiger partial charge in [0.25, 0.3) is 0 Å². The van der Waals surface area contributed by atoms with Gasteiger partial charge < -0.3 is 0 Å². The largest absolute Gasteiger partial charge is 0.117 e. The van der Waals surface area contributed by atoms with E-state index in [1.165, 1.54) is 16.7 Å². The molecule has 0 aliphatic carbocycles. The Bertz CT molecular complexity index is 593. The van der Waals surface area contributed by atoms with Gasteiger partial charge in [-0.2, -0.15) is 0 Å². The summed E-state index contributed by atoms with van der Waals surface area (Å²) in [5, 5.41) is 0.718. The van der Waals surface area contributed by atoms with Crippen LogP contribution in [0.15, 0.2) is 40.9 Å². The minimum absolute atomic E-state index is 0.0368. The summed E-state index contributed by atoms with van der Waals surface area (Å²) in [6.45, 7) is 4.17. The van der Waals surface area contributed by atoms with Crippen molar-refractivity contribution < 1.29 is 0 Å². The van der Waals surface area contributed by atoms with Gasteiger partial charge in [-0.25, -0.2) is 0 Å². The minimum Gasteiger partial charge on any atom is -0.117 e. The fourth-order valence-corrected chi connectivity index (χ4v) is 3.21. The smallest absolute Gasteiger partial charge is 0.0628 e. The lowest BCUT2D eigenvalue weighted by atomic mass is 9.98. The Labute approximate surface area is 132 Å². The summed E-state index contributed by atoms with van der Waals surface area (Å²) in [5.41, 5.74) is 4.76. The van der Waals surface area contributed by atoms with E-state index in [1.54, 1.807) is 0 Å². The van der Waals surface area contributed by atoms with Crippen LogP contribution in [0.1, 0.15) is 27.6 Å². The van der Waals surface area contributed by atoms with Crippen LogP contribution in [0.4, 0.5) is 0 Å². The predicted molar refractivity (Wildman–Crippen MR) is 87.4 cm³/mol. The second kappa shape index (κ2) is 6.30. The molecule has 0 saturated carbocycles. The molecule has 1 atom stereocenters. The fourth-order valence-electron chi connectivity index (χ4n) is 2.12. The number of halogens is 3. The second-order valence-corrected chi connectivity index (χ2v) is 6.58. The molecule has 1 unspecified atom stereocenters. The Morgan fingerprint density at radius 3 is 2.53 bits per heavy atom. The van der Waals surface area contributed by atoms with Gasteiger partial charge in [0.05, 0.1) is 5.38 Å². The van der Waals surface area contributed by atoms with Gasteiger partial charge in [0.15, 0.2) is 0 Å². The van der Waals surface area contributed by atoms with Gasteiger partial charge in [0.1, 0.15) is 0 Å². The maximum absolute atomic E-state index is 6.56. The zero-order valence-corrected chi connectivity index (χ0v) is 14.0. The van der Waals surface area contributed by atoms with Crippen molar-refractivity contribution in [2.75, 3.05) is 0 Å². The van der Waals surface area contributed by atoms with Crippen LogP contribution < -0.4 is 0 Å². The van der Waals surface area contributed by atoms with Gasteiger partial charge in [-0.3, -0.25) is 0 Å². The van der Waals surface area contributed by atoms with Crippen LogP contribution in [-0.4, -0.2) is 0 Å². The van der Waals surface area contributed by atoms with E-state index < -0.39 is 0 Å². The molecule has 100 valence electrons. The third kappa shape index (κ3) is 3.75. The first kappa shape index (κ1) is 14.9. The molecule has 0 fully saturated rings. The Kier molecular flexibility index (Phi) is 4.94. The number of alkyl halides is 1. The molecule has 2 aromatic carbocycles. The summed E-state index contributed by atoms with van der Waals surface area (Å²) in [6.07, 6.45) is 0.782. The van der Waals surface area contributed by atoms with Crippen molar-refractivity contribution >= 4 is 39.1 Å². The maximum atomic E-state index is 6.56. The Hall–Kier alpha value is -0.500. The van der Waals surface area contributed by atoms with Crippen molar-refractivity contribution in [1.29, 1.82) is 0 Å². The Balaban J connectivity index is 2.25. The highest BCUT2D eigenvalue weighted by molar-refractivity contribution is 9.10. The summed E-state index contributed by atoms with van der Waals surface area (Å²) in [4.78, 5) is 0. The van der Waals surface area contributed by atoms with Crippen molar-refractivity contribution in [3.63, 3.8) is 0 Å². The molecule has 0 aliphatic heterocycles. The van der Waals surface area contributed by atoms with Gasteiger partial charge in [0.2, 0.25) is 0 Å². The Morgan fingerprint density at radius 1 is 1.11 bits per heavy atom. The zero-order valence-electron chi connectivity index (χ0n) is 10.9. The molecule has 0 bridgehead atoms. The summed E-state index contributed by atoms with van der Waals surface area (Å²) in [5.74, 6) is 0. The van der Waals surface area contributed by atoms with Gasteiger partial charge >= 0.3 is 0 Å². The zero-order chi connectivity index (χ0) is 14.0. The average molecular weight is 358 g/mol. The topological polar surface area (TPSA) is 0 Å². The first-order chi connectivity index (χ1) is 8.97. The fraction of sp³-hybridized carbons (Fsp3) is 0.250. The van der Waals surface area contributed by atoms with Gasteiger partial charge in [-0.1, -0.05) is 45.7 Å². The highest BCUT2D eigenvalue weighted by atomic mass is 79.9. The van der Waals surface area contributed by atoms with E-state index in [4.69, 9.17) is 23.2 Å². The summed E-state index contributed by atoms with van der Waals surface area (Å²) in [6, 6.07) is 12.1. The molecule has 3 heteroatoms. The lowest BCUT2D eigenvalue weighted by molar-refractivity contribution is 0.907. The van der Waals surface area contributed by atoms with E-state index >= 15 is 0 Å². The average Bonchev–Trinajstić information content (AvgIpc) is 2.33. The van der Waals surface area contributed by atoms with Crippen molar-refractivity contribution in [3.8, 4) is 0 Å². The van der Waals surface area contributed by atoms with E-state index in [9.17, 15) is 0 Å². The molecule has 0 radical (unpaired) electrons. The highest BCUT2D eigenvalue weighted by Crippen LogP contribution is 2.31. The molecule has 0 heterocycles. The summed E-state index contributed by atoms with van der Waals surface area (Å²) >= 11 is 16.1. The molecule has 0 amide bonds. The van der Waals surface area contributed by atoms with Crippen LogP contribution in [0.3, 0.4) is 0 Å². The number of hydrogen-bond acceptors (Lipinski definition) is 0. The van der Waals surface area contributed by atoms with Crippen molar-refractivity contribution in [3.05, 3.63) is 68.1 Å². The molecule has 0 saturated heterocycles. The highest BCUT2D eigenvalue weighted by Gasteiger charge is 2.13. The predicted octanol–water partition coefficient (Wildman–Crippen LogP) is 6.24. The van der Waals surface area contributed by atoms with Crippen LogP contribution >= 0.6 is 39.1 Å². The molecule has 0 aliphatic rings. The maximum Gasteiger partial charge on any atom is 0.0628 e. The van der Waals surface area contributed by atoms with Crippen LogP contribution in [-0.2, 0) is 6.42 Å². The van der Waals surface area contributed by atoms with Gasteiger partial charge in [-0.05, 0) is 60.7 Å². The number of hydrogen-bond donors (Lipinski definition) is 0. The van der Waals surface area contributed by atoms with Crippen molar-refractivity contribution in [2.24, 2.45) is 0 Å². The Morgan fingerprint density at radius 2 is 1.84 bits per heavy atom. The molecular formula is C16H15BrCl2. The second-order valence-electron chi connectivity index (χ2n) is 4.76. The lowest BCUT2D eigenvalue weighted by Gasteiger charge is -2.15. The van der Waals surface area contributed by atoms with Crippen molar-refractivity contribution in [1.82, 2.24) is 0 Å². The van der Waals surface area contributed by atoms with E-state index in [0.29, 0.717) is 0 Å². The van der Waals surface area contributed by atoms with Gasteiger partial charge in [0, 0.05) is 9.50 Å². The van der Waals surface area contributed by atoms with Crippen LogP contribution in [0.2, 0.25) is 5.02 Å². The first-order valence-corrected chi connectivity index (χ1v) is 7.73. The molecular weight excluding hydrogens is 343 g/mol. The van der Waals surface area contributed by atoms with Crippen molar-refractivity contribution in [2.45, 2.75) is 25.6 Å². The molecule has 2 aromatic rings. The summed E-state index contributed by atoms with van der Waals surface area (Å²) in [7, 11) is 0. The van der Waals surface area contributed by atoms with E-state index in [-0.39, 0.29) is 5.38 Å². The standard InChI is InChI=1S/C16H15BrCl2/c1-10-7-15(17)11(2)6-14(10)16(19)9-12-4-3-5-13(18)8-12/h3-8,16H,9H2,1-2H3. The number of aryl methyl sites for hydroxylation is 2. The lowest BCUT2D eigenvalue weighted by Crippen LogP contribution is -1.99. The van der Waals surface area contributed by atoms with Crippen LogP contribution in [0.25, 0.3) is 0 Å². The monoisotopic (exact) mass is 356 g/mol. The SMILES string of the molecule is Cc1cc(C(Cl)Cc2cccc(Cl)c2)c(C)cc1Br. The molecule has 0 N–H and O–H groups in total. The third-order valence-electron chi connectivity index (χ3n) is 3.19. The van der Waals surface area contributed by atoms with E-state index in [0.717, 1.165) is 21.5 Å². The first-order valence-electron chi connectivity index (χ1n) is 6.12. The normalized spacial score (nSPS) is 12.5. The third-order valence-corrected chi connectivity index (χ3v) is 4.67. The number of benzene rings is 2. The molecule has 0 spiro atoms. The van der Waals surface area contributed by atoms with Gasteiger partial charge in [-0.15, -0.1) is 11.6 Å². The quantitative estimate of drug-likeness (QED) is 0.570. The molecule has 0 aromatic heterocycles. The molecule has 2 rings (SSSR count). The molecule has 0 nitrogen and oxygen atoms in total. The minimum atomic E-state index is -0.0368. The van der Waals surface area contributed by atoms with E-state index in [1.807, 2.05) is 18.2 Å². The molecule has 19 heavy (non-hydrogen) atoms. The van der Waals surface area contributed by atoms with Crippen LogP contribution in [0.5, 0.6) is 0 Å². The van der Waals surface area contributed by atoms with E-state index in [2.05, 4.69) is 48.0 Å². The number of rotatable bonds is 3. The van der Waals surface area contributed by atoms with Crippen LogP contribution in [0, 0.1) is 13.8 Å².